The van der Waals surface area contributed by atoms with Crippen molar-refractivity contribution in [2.24, 2.45) is 7.05 Å². The number of hydrogen-bond donors (Lipinski definition) is 1. The molecule has 1 aliphatic heterocycles. The van der Waals surface area contributed by atoms with Crippen LogP contribution in [0.15, 0.2) is 24.4 Å². The Morgan fingerprint density at radius 3 is 2.89 bits per heavy atom. The first-order valence-corrected chi connectivity index (χ1v) is 9.24. The van der Waals surface area contributed by atoms with Crippen LogP contribution in [-0.4, -0.2) is 54.8 Å². The van der Waals surface area contributed by atoms with Crippen molar-refractivity contribution in [3.63, 3.8) is 0 Å². The van der Waals surface area contributed by atoms with Gasteiger partial charge in [-0.05, 0) is 25.0 Å². The lowest BCUT2D eigenvalue weighted by atomic mass is 9.97. The number of fused-ring (bicyclic) bond motifs is 3. The van der Waals surface area contributed by atoms with E-state index in [1.54, 1.807) is 22.6 Å². The molecule has 0 spiro atoms. The molecule has 1 atom stereocenters. The van der Waals surface area contributed by atoms with E-state index in [-0.39, 0.29) is 5.92 Å². The fraction of sp³-hybridized carbons (Fsp3) is 0.389. The topological polar surface area (TPSA) is 112 Å². The Hall–Kier alpha value is -3.43. The average molecular weight is 379 g/mol. The molecule has 1 saturated heterocycles. The van der Waals surface area contributed by atoms with E-state index >= 15 is 0 Å². The molecule has 1 aliphatic rings. The summed E-state index contributed by atoms with van der Waals surface area (Å²) in [5.41, 5.74) is 7.57. The summed E-state index contributed by atoms with van der Waals surface area (Å²) in [5.74, 6) is 2.82. The maximum Gasteiger partial charge on any atom is 0.223 e. The summed E-state index contributed by atoms with van der Waals surface area (Å²) in [5, 5.41) is 14.2. The third-order valence-electron chi connectivity index (χ3n) is 5.22. The Labute approximate surface area is 160 Å². The van der Waals surface area contributed by atoms with Gasteiger partial charge in [0.2, 0.25) is 5.95 Å². The van der Waals surface area contributed by atoms with Crippen LogP contribution in [0.25, 0.3) is 16.6 Å². The zero-order valence-electron chi connectivity index (χ0n) is 15.8. The molecule has 0 amide bonds. The monoisotopic (exact) mass is 379 g/mol. The predicted molar refractivity (Wildman–Crippen MR) is 104 cm³/mol. The Bertz CT molecular complexity index is 1160. The number of nitrogens with zero attached hydrogens (tertiary/aromatic N) is 8. The molecular formula is C18H21N9O. The van der Waals surface area contributed by atoms with E-state index in [1.807, 2.05) is 25.2 Å². The van der Waals surface area contributed by atoms with E-state index in [4.69, 9.17) is 15.5 Å². The van der Waals surface area contributed by atoms with Crippen LogP contribution in [0, 0.1) is 0 Å². The molecular weight excluding hydrogens is 358 g/mol. The van der Waals surface area contributed by atoms with Crippen LogP contribution in [0.5, 0.6) is 5.75 Å². The Morgan fingerprint density at radius 1 is 1.21 bits per heavy atom. The summed E-state index contributed by atoms with van der Waals surface area (Å²) in [6, 6.07) is 5.75. The lowest BCUT2D eigenvalue weighted by Gasteiger charge is -2.31. The van der Waals surface area contributed by atoms with Gasteiger partial charge in [-0.3, -0.25) is 0 Å². The van der Waals surface area contributed by atoms with Gasteiger partial charge < -0.3 is 15.4 Å². The van der Waals surface area contributed by atoms with Crippen LogP contribution in [0.4, 0.5) is 11.8 Å². The zero-order valence-corrected chi connectivity index (χ0v) is 15.8. The highest BCUT2D eigenvalue weighted by atomic mass is 16.5. The lowest BCUT2D eigenvalue weighted by Crippen LogP contribution is -2.35. The summed E-state index contributed by atoms with van der Waals surface area (Å²) >= 11 is 0. The molecule has 4 heterocycles. The number of rotatable bonds is 3. The number of aryl methyl sites for hydroxylation is 1. The second-order valence-corrected chi connectivity index (χ2v) is 7.01. The molecule has 0 saturated carbocycles. The second-order valence-electron chi connectivity index (χ2n) is 7.01. The molecule has 4 aromatic rings. The first-order chi connectivity index (χ1) is 13.6. The van der Waals surface area contributed by atoms with Crippen molar-refractivity contribution in [2.45, 2.75) is 18.8 Å². The van der Waals surface area contributed by atoms with Gasteiger partial charge in [0, 0.05) is 31.4 Å². The number of para-hydroxylation sites is 1. The summed E-state index contributed by atoms with van der Waals surface area (Å²) in [6.07, 6.45) is 3.85. The Morgan fingerprint density at radius 2 is 2.11 bits per heavy atom. The third-order valence-corrected chi connectivity index (χ3v) is 5.22. The SMILES string of the molecule is COc1cccc2c1nc(N)n1nc([C@@H]3CCCN(c4cnn(C)n4)C3)nc21. The van der Waals surface area contributed by atoms with Gasteiger partial charge in [-0.2, -0.15) is 14.4 Å². The van der Waals surface area contributed by atoms with Gasteiger partial charge in [-0.1, -0.05) is 6.07 Å². The highest BCUT2D eigenvalue weighted by Crippen LogP contribution is 2.31. The second kappa shape index (κ2) is 6.32. The number of hydrogen-bond acceptors (Lipinski definition) is 8. The molecule has 3 aromatic heterocycles. The summed E-state index contributed by atoms with van der Waals surface area (Å²) in [4.78, 5) is 13.1. The fourth-order valence-electron chi connectivity index (χ4n) is 3.86. The van der Waals surface area contributed by atoms with E-state index in [0.29, 0.717) is 22.9 Å². The van der Waals surface area contributed by atoms with Crippen LogP contribution in [0.2, 0.25) is 0 Å². The minimum absolute atomic E-state index is 0.190. The van der Waals surface area contributed by atoms with Crippen LogP contribution in [0.3, 0.4) is 0 Å². The molecule has 0 radical (unpaired) electrons. The molecule has 0 unspecified atom stereocenters. The first kappa shape index (κ1) is 16.7. The van der Waals surface area contributed by atoms with Crippen molar-refractivity contribution in [3.05, 3.63) is 30.2 Å². The van der Waals surface area contributed by atoms with Crippen LogP contribution in [-0.2, 0) is 7.05 Å². The number of aromatic nitrogens is 7. The number of nitrogen functional groups attached to an aromatic ring is 1. The zero-order chi connectivity index (χ0) is 19.3. The molecule has 144 valence electrons. The maximum atomic E-state index is 6.17. The van der Waals surface area contributed by atoms with Crippen molar-refractivity contribution < 1.29 is 4.74 Å². The Balaban J connectivity index is 1.56. The fourth-order valence-corrected chi connectivity index (χ4v) is 3.86. The average Bonchev–Trinajstić information content (AvgIpc) is 3.35. The number of benzene rings is 1. The van der Waals surface area contributed by atoms with E-state index in [0.717, 1.165) is 43.0 Å². The third kappa shape index (κ3) is 2.60. The quantitative estimate of drug-likeness (QED) is 0.568. The molecule has 0 bridgehead atoms. The van der Waals surface area contributed by atoms with Gasteiger partial charge in [-0.15, -0.1) is 10.2 Å². The van der Waals surface area contributed by atoms with E-state index in [1.165, 1.54) is 0 Å². The van der Waals surface area contributed by atoms with Crippen molar-refractivity contribution in [1.82, 2.24) is 34.6 Å². The Kier molecular flexibility index (Phi) is 3.78. The van der Waals surface area contributed by atoms with Gasteiger partial charge in [0.1, 0.15) is 11.3 Å². The number of ether oxygens (including phenoxy) is 1. The number of methoxy groups -OCH3 is 1. The van der Waals surface area contributed by atoms with Gasteiger partial charge >= 0.3 is 0 Å². The van der Waals surface area contributed by atoms with Gasteiger partial charge in [-0.25, -0.2) is 9.97 Å². The van der Waals surface area contributed by atoms with Crippen LogP contribution in [0.1, 0.15) is 24.6 Å². The van der Waals surface area contributed by atoms with Gasteiger partial charge in [0.25, 0.3) is 0 Å². The molecule has 2 N–H and O–H groups in total. The smallest absolute Gasteiger partial charge is 0.223 e. The highest BCUT2D eigenvalue weighted by molar-refractivity contribution is 5.95. The number of piperidine rings is 1. The van der Waals surface area contributed by atoms with Crippen molar-refractivity contribution >= 4 is 28.3 Å². The standard InChI is InChI=1S/C18H21N9O/c1-25-20-9-14(23-25)26-8-4-5-11(10-26)16-22-17-12-6-3-7-13(28-2)15(12)21-18(19)27(17)24-16/h3,6-7,9,11H,4-5,8,10H2,1-2H3,(H2,19,21)/t11-/m1/s1. The van der Waals surface area contributed by atoms with Crippen molar-refractivity contribution in [3.8, 4) is 5.75 Å². The minimum atomic E-state index is 0.190. The molecule has 1 aromatic carbocycles. The van der Waals surface area contributed by atoms with E-state index in [2.05, 4.69) is 25.2 Å². The summed E-state index contributed by atoms with van der Waals surface area (Å²) in [6.45, 7) is 1.75. The summed E-state index contributed by atoms with van der Waals surface area (Å²) in [7, 11) is 3.44. The molecule has 5 rings (SSSR count). The molecule has 28 heavy (non-hydrogen) atoms. The lowest BCUT2D eigenvalue weighted by molar-refractivity contribution is 0.419. The maximum absolute atomic E-state index is 6.17. The molecule has 0 aliphatic carbocycles. The minimum Gasteiger partial charge on any atom is -0.494 e. The molecule has 10 heteroatoms. The largest absolute Gasteiger partial charge is 0.494 e. The normalized spacial score (nSPS) is 17.5. The molecule has 1 fully saturated rings. The predicted octanol–water partition coefficient (Wildman–Crippen LogP) is 1.38. The van der Waals surface area contributed by atoms with Gasteiger partial charge in [0.05, 0.1) is 13.3 Å². The van der Waals surface area contributed by atoms with E-state index in [9.17, 15) is 0 Å². The van der Waals surface area contributed by atoms with Crippen LogP contribution < -0.4 is 15.4 Å². The number of nitrogens with two attached hydrogens (primary N) is 1. The van der Waals surface area contributed by atoms with E-state index < -0.39 is 0 Å². The highest BCUT2D eigenvalue weighted by Gasteiger charge is 2.27. The van der Waals surface area contributed by atoms with Crippen molar-refractivity contribution in [1.29, 1.82) is 0 Å². The molecule has 10 nitrogen and oxygen atoms in total. The van der Waals surface area contributed by atoms with Crippen LogP contribution >= 0.6 is 0 Å². The van der Waals surface area contributed by atoms with Gasteiger partial charge in [0.15, 0.2) is 17.3 Å². The first-order valence-electron chi connectivity index (χ1n) is 9.24. The van der Waals surface area contributed by atoms with Crippen molar-refractivity contribution in [2.75, 3.05) is 30.8 Å². The number of anilines is 2. The summed E-state index contributed by atoms with van der Waals surface area (Å²) < 4.78 is 7.05.